The molecule has 0 bridgehead atoms. The molecule has 26 heavy (non-hydrogen) atoms. The van der Waals surface area contributed by atoms with Crippen LogP contribution in [0.3, 0.4) is 0 Å². The number of halogens is 2. The molecule has 0 spiro atoms. The third kappa shape index (κ3) is 3.76. The van der Waals surface area contributed by atoms with E-state index in [1.165, 1.54) is 26.4 Å². The van der Waals surface area contributed by atoms with E-state index in [0.717, 1.165) is 5.56 Å². The average Bonchev–Trinajstić information content (AvgIpc) is 3.13. The Hall–Kier alpha value is -2.70. The molecule has 6 nitrogen and oxygen atoms in total. The molecule has 134 valence electrons. The van der Waals surface area contributed by atoms with Crippen molar-refractivity contribution >= 4 is 34.8 Å². The second kappa shape index (κ2) is 7.68. The van der Waals surface area contributed by atoms with Gasteiger partial charge < -0.3 is 19.3 Å². The van der Waals surface area contributed by atoms with Crippen molar-refractivity contribution in [1.29, 1.82) is 0 Å². The minimum absolute atomic E-state index is 0.115. The summed E-state index contributed by atoms with van der Waals surface area (Å²) in [7, 11) is 2.97. The quantitative estimate of drug-likeness (QED) is 0.666. The van der Waals surface area contributed by atoms with E-state index in [9.17, 15) is 4.79 Å². The highest BCUT2D eigenvalue weighted by Crippen LogP contribution is 2.36. The minimum Gasteiger partial charge on any atom is -0.495 e. The van der Waals surface area contributed by atoms with Crippen LogP contribution in [0.15, 0.2) is 47.0 Å². The van der Waals surface area contributed by atoms with Gasteiger partial charge in [0.15, 0.2) is 11.5 Å². The first-order chi connectivity index (χ1) is 12.5. The van der Waals surface area contributed by atoms with Crippen LogP contribution >= 0.6 is 23.2 Å². The monoisotopic (exact) mass is 392 g/mol. The number of carbonyl (C=O) groups excluding carboxylic acids is 1. The fraction of sp³-hybridized carbons (Fsp3) is 0.111. The number of hydrogen-bond acceptors (Lipinski definition) is 5. The van der Waals surface area contributed by atoms with Crippen LogP contribution in [0, 0.1) is 0 Å². The number of ether oxygens (including phenoxy) is 2. The molecule has 0 aliphatic carbocycles. The number of methoxy groups -OCH3 is 2. The van der Waals surface area contributed by atoms with E-state index in [-0.39, 0.29) is 5.69 Å². The fourth-order valence-electron chi connectivity index (χ4n) is 2.28. The zero-order valence-electron chi connectivity index (χ0n) is 13.9. The van der Waals surface area contributed by atoms with Crippen LogP contribution in [-0.4, -0.2) is 25.3 Å². The fourth-order valence-corrected chi connectivity index (χ4v) is 2.64. The molecule has 0 aliphatic heterocycles. The van der Waals surface area contributed by atoms with Gasteiger partial charge in [-0.3, -0.25) is 4.79 Å². The largest absolute Gasteiger partial charge is 0.495 e. The number of nitrogens with zero attached hydrogens (tertiary/aromatic N) is 1. The molecule has 1 amide bonds. The lowest BCUT2D eigenvalue weighted by molar-refractivity contribution is 0.101. The molecule has 3 aromatic rings. The van der Waals surface area contributed by atoms with Gasteiger partial charge in [-0.2, -0.15) is 0 Å². The molecule has 0 aliphatic rings. The highest BCUT2D eigenvalue weighted by atomic mass is 35.5. The maximum atomic E-state index is 12.5. The summed E-state index contributed by atoms with van der Waals surface area (Å²) in [5.41, 5.74) is 1.26. The van der Waals surface area contributed by atoms with Gasteiger partial charge in [0.1, 0.15) is 11.5 Å². The number of rotatable bonds is 5. The van der Waals surface area contributed by atoms with Crippen LogP contribution in [0.4, 0.5) is 5.69 Å². The molecule has 0 unspecified atom stereocenters. The average molecular weight is 393 g/mol. The summed E-state index contributed by atoms with van der Waals surface area (Å²) in [5, 5.41) is 7.45. The lowest BCUT2D eigenvalue weighted by atomic mass is 10.1. The molecule has 1 heterocycles. The highest BCUT2D eigenvalue weighted by Gasteiger charge is 2.17. The van der Waals surface area contributed by atoms with Crippen molar-refractivity contribution in [3.05, 3.63) is 58.2 Å². The number of carbonyl (C=O) groups is 1. The van der Waals surface area contributed by atoms with Crippen molar-refractivity contribution in [2.45, 2.75) is 0 Å². The third-order valence-electron chi connectivity index (χ3n) is 3.59. The van der Waals surface area contributed by atoms with Crippen molar-refractivity contribution in [1.82, 2.24) is 5.16 Å². The zero-order chi connectivity index (χ0) is 18.7. The Kier molecular flexibility index (Phi) is 5.35. The Balaban J connectivity index is 1.83. The lowest BCUT2D eigenvalue weighted by Crippen LogP contribution is -2.13. The van der Waals surface area contributed by atoms with Gasteiger partial charge in [0.05, 0.1) is 24.9 Å². The summed E-state index contributed by atoms with van der Waals surface area (Å²) in [6, 6.07) is 11.7. The van der Waals surface area contributed by atoms with Gasteiger partial charge in [-0.25, -0.2) is 0 Å². The van der Waals surface area contributed by atoms with Crippen LogP contribution in [-0.2, 0) is 0 Å². The molecule has 0 fully saturated rings. The van der Waals surface area contributed by atoms with E-state index in [0.29, 0.717) is 33.0 Å². The van der Waals surface area contributed by atoms with Gasteiger partial charge in [-0.1, -0.05) is 28.4 Å². The molecule has 2 aromatic carbocycles. The van der Waals surface area contributed by atoms with Gasteiger partial charge in [-0.05, 0) is 30.3 Å². The topological polar surface area (TPSA) is 73.6 Å². The normalized spacial score (nSPS) is 10.5. The Bertz CT molecular complexity index is 939. The molecular formula is C18H14Cl2N2O4. The molecule has 8 heteroatoms. The first kappa shape index (κ1) is 18.1. The minimum atomic E-state index is -0.464. The summed E-state index contributed by atoms with van der Waals surface area (Å²) in [5.74, 6) is 0.828. The standard InChI is InChI=1S/C18H14Cl2N2O4/c1-24-16-9-17(25-2)13(7-12(16)20)21-18(23)14-8-15(26-22-14)10-3-5-11(19)6-4-10/h3-9H,1-2H3,(H,21,23). The Morgan fingerprint density at radius 3 is 2.38 bits per heavy atom. The maximum absolute atomic E-state index is 12.5. The maximum Gasteiger partial charge on any atom is 0.277 e. The van der Waals surface area contributed by atoms with Gasteiger partial charge in [0.2, 0.25) is 0 Å². The summed E-state index contributed by atoms with van der Waals surface area (Å²) in [6.07, 6.45) is 0. The lowest BCUT2D eigenvalue weighted by Gasteiger charge is -2.12. The molecule has 0 saturated carbocycles. The van der Waals surface area contributed by atoms with E-state index >= 15 is 0 Å². The smallest absolute Gasteiger partial charge is 0.277 e. The van der Waals surface area contributed by atoms with Gasteiger partial charge in [0.25, 0.3) is 5.91 Å². The Labute approximate surface area is 159 Å². The predicted molar refractivity (Wildman–Crippen MR) is 99.5 cm³/mol. The van der Waals surface area contributed by atoms with Crippen LogP contribution in [0.1, 0.15) is 10.5 Å². The Morgan fingerprint density at radius 1 is 1.04 bits per heavy atom. The molecule has 3 rings (SSSR count). The SMILES string of the molecule is COc1cc(OC)c(NC(=O)c2cc(-c3ccc(Cl)cc3)on2)cc1Cl. The third-order valence-corrected chi connectivity index (χ3v) is 4.14. The number of aromatic nitrogens is 1. The number of hydrogen-bond donors (Lipinski definition) is 1. The zero-order valence-corrected chi connectivity index (χ0v) is 15.4. The first-order valence-electron chi connectivity index (χ1n) is 7.47. The van der Waals surface area contributed by atoms with Crippen molar-refractivity contribution in [3.63, 3.8) is 0 Å². The van der Waals surface area contributed by atoms with Crippen molar-refractivity contribution < 1.29 is 18.8 Å². The summed E-state index contributed by atoms with van der Waals surface area (Å²) in [6.45, 7) is 0. The first-order valence-corrected chi connectivity index (χ1v) is 8.23. The molecular weight excluding hydrogens is 379 g/mol. The molecule has 1 N–H and O–H groups in total. The summed E-state index contributed by atoms with van der Waals surface area (Å²) >= 11 is 12.0. The summed E-state index contributed by atoms with van der Waals surface area (Å²) in [4.78, 5) is 12.5. The second-order valence-electron chi connectivity index (χ2n) is 5.22. The van der Waals surface area contributed by atoms with E-state index in [1.54, 1.807) is 30.3 Å². The highest BCUT2D eigenvalue weighted by molar-refractivity contribution is 6.32. The van der Waals surface area contributed by atoms with Crippen LogP contribution in [0.5, 0.6) is 11.5 Å². The van der Waals surface area contributed by atoms with Crippen molar-refractivity contribution in [3.8, 4) is 22.8 Å². The van der Waals surface area contributed by atoms with E-state index in [4.69, 9.17) is 37.2 Å². The second-order valence-corrected chi connectivity index (χ2v) is 6.07. The van der Waals surface area contributed by atoms with E-state index in [1.807, 2.05) is 0 Å². The molecule has 0 atom stereocenters. The molecule has 1 aromatic heterocycles. The van der Waals surface area contributed by atoms with Gasteiger partial charge in [-0.15, -0.1) is 0 Å². The predicted octanol–water partition coefficient (Wildman–Crippen LogP) is 4.92. The van der Waals surface area contributed by atoms with Crippen LogP contribution < -0.4 is 14.8 Å². The van der Waals surface area contributed by atoms with E-state index < -0.39 is 5.91 Å². The van der Waals surface area contributed by atoms with Crippen LogP contribution in [0.25, 0.3) is 11.3 Å². The number of anilines is 1. The van der Waals surface area contributed by atoms with Gasteiger partial charge >= 0.3 is 0 Å². The van der Waals surface area contributed by atoms with Crippen LogP contribution in [0.2, 0.25) is 10.0 Å². The number of amides is 1. The van der Waals surface area contributed by atoms with Crippen molar-refractivity contribution in [2.75, 3.05) is 19.5 Å². The van der Waals surface area contributed by atoms with Gasteiger partial charge in [0, 0.05) is 22.7 Å². The molecule has 0 radical (unpaired) electrons. The van der Waals surface area contributed by atoms with E-state index in [2.05, 4.69) is 10.5 Å². The Morgan fingerprint density at radius 2 is 1.73 bits per heavy atom. The summed E-state index contributed by atoms with van der Waals surface area (Å²) < 4.78 is 15.6. The van der Waals surface area contributed by atoms with Crippen molar-refractivity contribution in [2.24, 2.45) is 0 Å². The molecule has 0 saturated heterocycles. The number of benzene rings is 2. The number of nitrogens with one attached hydrogen (secondary N) is 1.